The summed E-state index contributed by atoms with van der Waals surface area (Å²) in [7, 11) is 3.34. The highest BCUT2D eigenvalue weighted by molar-refractivity contribution is 5.70. The normalized spacial score (nSPS) is 15.0. The van der Waals surface area contributed by atoms with Gasteiger partial charge in [-0.05, 0) is 52.4 Å². The summed E-state index contributed by atoms with van der Waals surface area (Å²) in [5.41, 5.74) is 4.37. The number of rotatable bonds is 6. The highest BCUT2D eigenvalue weighted by atomic mass is 16.5. The van der Waals surface area contributed by atoms with E-state index in [9.17, 15) is 5.11 Å². The van der Waals surface area contributed by atoms with E-state index in [1.54, 1.807) is 14.2 Å². The van der Waals surface area contributed by atoms with Crippen LogP contribution in [-0.2, 0) is 5.60 Å². The summed E-state index contributed by atoms with van der Waals surface area (Å²) < 4.78 is 11.2. The van der Waals surface area contributed by atoms with Crippen molar-refractivity contribution in [3.63, 3.8) is 0 Å². The molecule has 170 valence electrons. The van der Waals surface area contributed by atoms with Gasteiger partial charge in [-0.25, -0.2) is 0 Å². The van der Waals surface area contributed by atoms with Crippen LogP contribution in [0.3, 0.4) is 0 Å². The van der Waals surface area contributed by atoms with Crippen LogP contribution in [-0.4, -0.2) is 19.3 Å². The Morgan fingerprint density at radius 2 is 1.35 bits per heavy atom. The molecule has 0 bridgehead atoms. The molecule has 0 saturated carbocycles. The molecule has 1 aliphatic rings. The number of benzene rings is 4. The van der Waals surface area contributed by atoms with Gasteiger partial charge in [0.05, 0.1) is 14.2 Å². The van der Waals surface area contributed by atoms with Gasteiger partial charge >= 0.3 is 0 Å². The third-order valence-electron chi connectivity index (χ3n) is 6.76. The van der Waals surface area contributed by atoms with Crippen LogP contribution in [0.15, 0.2) is 103 Å². The number of aliphatic hydroxyl groups is 1. The molecule has 0 aromatic heterocycles. The number of hydrogen-bond acceptors (Lipinski definition) is 3. The summed E-state index contributed by atoms with van der Waals surface area (Å²) >= 11 is 0. The summed E-state index contributed by atoms with van der Waals surface area (Å²) in [6.45, 7) is 0. The Labute approximate surface area is 200 Å². The lowest BCUT2D eigenvalue weighted by Gasteiger charge is -2.35. The van der Waals surface area contributed by atoms with E-state index in [0.717, 1.165) is 34.4 Å². The summed E-state index contributed by atoms with van der Waals surface area (Å²) in [5, 5.41) is 12.6. The van der Waals surface area contributed by atoms with E-state index in [1.807, 2.05) is 78.9 Å². The predicted molar refractivity (Wildman–Crippen MR) is 136 cm³/mol. The highest BCUT2D eigenvalue weighted by Gasteiger charge is 2.40. The first kappa shape index (κ1) is 22.0. The van der Waals surface area contributed by atoms with E-state index in [4.69, 9.17) is 9.47 Å². The van der Waals surface area contributed by atoms with Crippen LogP contribution in [0.2, 0.25) is 0 Å². The SMILES string of the molecule is COc1ccc(C2CC=Cc3c2ccc(OC)c3C(O)(c2ccccc2)c2ccccc2)cc1. The van der Waals surface area contributed by atoms with Crippen molar-refractivity contribution in [2.45, 2.75) is 17.9 Å². The average molecular weight is 449 g/mol. The van der Waals surface area contributed by atoms with Gasteiger partial charge in [-0.1, -0.05) is 91.0 Å². The van der Waals surface area contributed by atoms with Gasteiger partial charge in [-0.3, -0.25) is 0 Å². The Hall–Kier alpha value is -3.82. The van der Waals surface area contributed by atoms with E-state index in [-0.39, 0.29) is 5.92 Å². The summed E-state index contributed by atoms with van der Waals surface area (Å²) in [6, 6.07) is 32.0. The zero-order valence-electron chi connectivity index (χ0n) is 19.4. The van der Waals surface area contributed by atoms with Crippen LogP contribution in [0.4, 0.5) is 0 Å². The summed E-state index contributed by atoms with van der Waals surface area (Å²) in [4.78, 5) is 0. The molecule has 0 saturated heterocycles. The Morgan fingerprint density at radius 3 is 1.91 bits per heavy atom. The first-order valence-corrected chi connectivity index (χ1v) is 11.5. The second-order valence-corrected chi connectivity index (χ2v) is 8.55. The van der Waals surface area contributed by atoms with E-state index in [0.29, 0.717) is 5.75 Å². The van der Waals surface area contributed by atoms with Crippen LogP contribution < -0.4 is 9.47 Å². The fourth-order valence-electron chi connectivity index (χ4n) is 5.06. The van der Waals surface area contributed by atoms with E-state index < -0.39 is 5.60 Å². The second-order valence-electron chi connectivity index (χ2n) is 8.55. The van der Waals surface area contributed by atoms with Gasteiger partial charge in [0.2, 0.25) is 0 Å². The van der Waals surface area contributed by atoms with Gasteiger partial charge in [0.25, 0.3) is 0 Å². The van der Waals surface area contributed by atoms with Gasteiger partial charge in [-0.15, -0.1) is 0 Å². The maximum absolute atomic E-state index is 12.6. The lowest BCUT2D eigenvalue weighted by atomic mass is 9.73. The van der Waals surface area contributed by atoms with Crippen molar-refractivity contribution in [2.24, 2.45) is 0 Å². The van der Waals surface area contributed by atoms with Crippen molar-refractivity contribution < 1.29 is 14.6 Å². The smallest absolute Gasteiger partial charge is 0.144 e. The number of fused-ring (bicyclic) bond motifs is 1. The molecule has 0 heterocycles. The monoisotopic (exact) mass is 448 g/mol. The molecular weight excluding hydrogens is 420 g/mol. The van der Waals surface area contributed by atoms with Gasteiger partial charge in [0.15, 0.2) is 0 Å². The van der Waals surface area contributed by atoms with Crippen molar-refractivity contribution in [3.8, 4) is 11.5 Å². The Balaban J connectivity index is 1.76. The molecule has 4 aromatic carbocycles. The average Bonchev–Trinajstić information content (AvgIpc) is 2.92. The van der Waals surface area contributed by atoms with Gasteiger partial charge < -0.3 is 14.6 Å². The Morgan fingerprint density at radius 1 is 0.735 bits per heavy atom. The molecule has 1 N–H and O–H groups in total. The molecule has 0 fully saturated rings. The molecule has 3 nitrogen and oxygen atoms in total. The Kier molecular flexibility index (Phi) is 5.95. The van der Waals surface area contributed by atoms with Crippen molar-refractivity contribution in [1.82, 2.24) is 0 Å². The lowest BCUT2D eigenvalue weighted by Crippen LogP contribution is -2.31. The summed E-state index contributed by atoms with van der Waals surface area (Å²) in [5.74, 6) is 1.67. The van der Waals surface area contributed by atoms with Gasteiger partial charge in [-0.2, -0.15) is 0 Å². The molecule has 0 aliphatic heterocycles. The molecule has 5 rings (SSSR count). The van der Waals surface area contributed by atoms with Crippen LogP contribution in [0.25, 0.3) is 6.08 Å². The minimum atomic E-state index is -1.38. The first-order valence-electron chi connectivity index (χ1n) is 11.5. The largest absolute Gasteiger partial charge is 0.497 e. The molecule has 1 aliphatic carbocycles. The molecule has 34 heavy (non-hydrogen) atoms. The van der Waals surface area contributed by atoms with Crippen molar-refractivity contribution in [1.29, 1.82) is 0 Å². The maximum atomic E-state index is 12.6. The Bertz CT molecular complexity index is 1250. The van der Waals surface area contributed by atoms with Gasteiger partial charge in [0.1, 0.15) is 17.1 Å². The number of allylic oxidation sites excluding steroid dienone is 1. The van der Waals surface area contributed by atoms with Crippen molar-refractivity contribution >= 4 is 6.08 Å². The van der Waals surface area contributed by atoms with Crippen molar-refractivity contribution in [2.75, 3.05) is 14.2 Å². The zero-order chi connectivity index (χ0) is 23.5. The van der Waals surface area contributed by atoms with E-state index in [1.165, 1.54) is 11.1 Å². The molecule has 0 radical (unpaired) electrons. The highest BCUT2D eigenvalue weighted by Crippen LogP contribution is 2.48. The number of ether oxygens (including phenoxy) is 2. The van der Waals surface area contributed by atoms with Crippen LogP contribution >= 0.6 is 0 Å². The predicted octanol–water partition coefficient (Wildman–Crippen LogP) is 6.54. The van der Waals surface area contributed by atoms with Crippen molar-refractivity contribution in [3.05, 3.63) is 137 Å². The van der Waals surface area contributed by atoms with Crippen LogP contribution in [0, 0.1) is 0 Å². The van der Waals surface area contributed by atoms with Gasteiger partial charge in [0, 0.05) is 11.5 Å². The standard InChI is InChI=1S/C31H28O3/c1-33-25-18-16-22(17-19-25)26-14-9-15-28-27(26)20-21-29(34-2)30(28)31(32,23-10-5-3-6-11-23)24-12-7-4-8-13-24/h3-13,15-21,26,32H,14H2,1-2H3. The molecule has 0 spiro atoms. The summed E-state index contributed by atoms with van der Waals surface area (Å²) in [6.07, 6.45) is 5.21. The lowest BCUT2D eigenvalue weighted by molar-refractivity contribution is 0.121. The molecule has 4 aromatic rings. The quantitative estimate of drug-likeness (QED) is 0.341. The third-order valence-corrected chi connectivity index (χ3v) is 6.76. The fourth-order valence-corrected chi connectivity index (χ4v) is 5.06. The minimum Gasteiger partial charge on any atom is -0.497 e. The van der Waals surface area contributed by atoms with Crippen LogP contribution in [0.1, 0.15) is 45.7 Å². The number of hydrogen-bond donors (Lipinski definition) is 1. The molecule has 1 atom stereocenters. The van der Waals surface area contributed by atoms with Crippen LogP contribution in [0.5, 0.6) is 11.5 Å². The number of methoxy groups -OCH3 is 2. The minimum absolute atomic E-state index is 0.173. The first-order chi connectivity index (χ1) is 16.7. The third kappa shape index (κ3) is 3.68. The fraction of sp³-hybridized carbons (Fsp3) is 0.161. The molecule has 1 unspecified atom stereocenters. The maximum Gasteiger partial charge on any atom is 0.144 e. The molecule has 3 heteroatoms. The molecule has 0 amide bonds. The van der Waals surface area contributed by atoms with E-state index >= 15 is 0 Å². The molecular formula is C31H28O3. The topological polar surface area (TPSA) is 38.7 Å². The zero-order valence-corrected chi connectivity index (χ0v) is 19.4. The van der Waals surface area contributed by atoms with E-state index in [2.05, 4.69) is 30.4 Å². The second kappa shape index (κ2) is 9.20.